The lowest BCUT2D eigenvalue weighted by atomic mass is 9.95. The van der Waals surface area contributed by atoms with Gasteiger partial charge in [0.2, 0.25) is 5.78 Å². The number of allylic oxidation sites excluding steroid dienone is 1. The van der Waals surface area contributed by atoms with E-state index in [1.54, 1.807) is 48.7 Å². The molecular formula is C14H14BNO4. The van der Waals surface area contributed by atoms with Crippen LogP contribution >= 0.6 is 0 Å². The largest absolute Gasteiger partial charge is 0.496 e. The molecule has 0 fully saturated rings. The summed E-state index contributed by atoms with van der Waals surface area (Å²) in [6.45, 7) is -0.180. The highest BCUT2D eigenvalue weighted by Gasteiger charge is 2.07. The van der Waals surface area contributed by atoms with Crippen molar-refractivity contribution in [3.05, 3.63) is 59.9 Å². The van der Waals surface area contributed by atoms with Crippen molar-refractivity contribution in [2.75, 3.05) is 6.51 Å². The number of rotatable bonds is 6. The quantitative estimate of drug-likeness (QED) is 0.420. The molecule has 0 bridgehead atoms. The van der Waals surface area contributed by atoms with E-state index in [0.717, 1.165) is 5.56 Å². The van der Waals surface area contributed by atoms with Crippen LogP contribution in [0.15, 0.2) is 48.7 Å². The van der Waals surface area contributed by atoms with E-state index in [1.165, 1.54) is 6.08 Å². The van der Waals surface area contributed by atoms with Gasteiger partial charge in [0.1, 0.15) is 12.3 Å². The maximum Gasteiger partial charge on any atom is 0.491 e. The van der Waals surface area contributed by atoms with Crippen molar-refractivity contribution in [3.8, 4) is 5.75 Å². The highest BCUT2D eigenvalue weighted by molar-refractivity contribution is 6.40. The van der Waals surface area contributed by atoms with E-state index in [9.17, 15) is 4.79 Å². The maximum atomic E-state index is 11.7. The monoisotopic (exact) mass is 271 g/mol. The Hall–Kier alpha value is -2.31. The van der Waals surface area contributed by atoms with E-state index >= 15 is 0 Å². The molecule has 0 radical (unpaired) electrons. The van der Waals surface area contributed by atoms with Gasteiger partial charge in [0.15, 0.2) is 0 Å². The molecule has 0 amide bonds. The summed E-state index contributed by atoms with van der Waals surface area (Å²) in [7, 11) is -1.49. The van der Waals surface area contributed by atoms with Crippen LogP contribution in [0.5, 0.6) is 5.75 Å². The van der Waals surface area contributed by atoms with Crippen molar-refractivity contribution in [1.82, 2.24) is 4.98 Å². The van der Waals surface area contributed by atoms with Crippen LogP contribution in [0.1, 0.15) is 16.1 Å². The first-order valence-electron chi connectivity index (χ1n) is 6.10. The number of hydrogen-bond donors (Lipinski definition) is 3. The van der Waals surface area contributed by atoms with Gasteiger partial charge in [-0.2, -0.15) is 0 Å². The normalized spacial score (nSPS) is 10.7. The van der Waals surface area contributed by atoms with E-state index in [4.69, 9.17) is 14.8 Å². The van der Waals surface area contributed by atoms with E-state index < -0.39 is 7.12 Å². The summed E-state index contributed by atoms with van der Waals surface area (Å²) in [6, 6.07) is 10.4. The van der Waals surface area contributed by atoms with Crippen molar-refractivity contribution >= 4 is 19.0 Å². The van der Waals surface area contributed by atoms with E-state index in [-0.39, 0.29) is 12.3 Å². The van der Waals surface area contributed by atoms with Gasteiger partial charge in [0, 0.05) is 6.20 Å². The molecule has 0 aliphatic heterocycles. The number of hydrogen-bond acceptors (Lipinski definition) is 4. The average Bonchev–Trinajstić information content (AvgIpc) is 2.98. The second-order valence-electron chi connectivity index (χ2n) is 4.14. The molecule has 102 valence electrons. The molecule has 0 unspecified atom stereocenters. The number of aromatic amines is 1. The van der Waals surface area contributed by atoms with Crippen LogP contribution in [0, 0.1) is 0 Å². The molecule has 1 aromatic heterocycles. The van der Waals surface area contributed by atoms with Gasteiger partial charge >= 0.3 is 7.12 Å². The predicted octanol–water partition coefficient (Wildman–Crippen LogP) is 1.30. The highest BCUT2D eigenvalue weighted by Crippen LogP contribution is 2.13. The first-order valence-corrected chi connectivity index (χ1v) is 6.10. The molecule has 0 spiro atoms. The fraction of sp³-hybridized carbons (Fsp3) is 0.0714. The van der Waals surface area contributed by atoms with Crippen LogP contribution in [0.2, 0.25) is 0 Å². The van der Waals surface area contributed by atoms with Crippen molar-refractivity contribution in [2.24, 2.45) is 0 Å². The molecule has 1 heterocycles. The molecule has 2 rings (SSSR count). The number of nitrogens with one attached hydrogen (secondary N) is 1. The van der Waals surface area contributed by atoms with Crippen LogP contribution in [0.4, 0.5) is 0 Å². The third kappa shape index (κ3) is 4.12. The number of benzene rings is 1. The van der Waals surface area contributed by atoms with E-state index in [2.05, 4.69) is 4.98 Å². The lowest BCUT2D eigenvalue weighted by Gasteiger charge is -2.04. The fourth-order valence-electron chi connectivity index (χ4n) is 1.59. The number of carbonyl (C=O) groups is 1. The number of H-pyrrole nitrogens is 1. The SMILES string of the molecule is O=C(/C=C/c1ccc(OCB(O)O)cc1)c1ccc[nH]1. The van der Waals surface area contributed by atoms with Gasteiger partial charge in [-0.15, -0.1) is 0 Å². The van der Waals surface area contributed by atoms with Gasteiger partial charge in [0.05, 0.1) is 5.69 Å². The Balaban J connectivity index is 1.95. The first kappa shape index (κ1) is 14.1. The summed E-state index contributed by atoms with van der Waals surface area (Å²) in [6.07, 6.45) is 4.88. The van der Waals surface area contributed by atoms with Gasteiger partial charge in [-0.25, -0.2) is 0 Å². The molecule has 6 heteroatoms. The first-order chi connectivity index (χ1) is 9.65. The van der Waals surface area contributed by atoms with Crippen LogP contribution in [-0.2, 0) is 0 Å². The third-order valence-electron chi connectivity index (χ3n) is 2.57. The van der Waals surface area contributed by atoms with Gasteiger partial charge in [-0.3, -0.25) is 4.79 Å². The summed E-state index contributed by atoms with van der Waals surface area (Å²) in [5.41, 5.74) is 1.39. The van der Waals surface area contributed by atoms with Crippen molar-refractivity contribution in [1.29, 1.82) is 0 Å². The molecular weight excluding hydrogens is 257 g/mol. The molecule has 0 saturated heterocycles. The van der Waals surface area contributed by atoms with Gasteiger partial charge in [-0.1, -0.05) is 18.2 Å². The fourth-order valence-corrected chi connectivity index (χ4v) is 1.59. The minimum atomic E-state index is -1.49. The Morgan fingerprint density at radius 2 is 2.00 bits per heavy atom. The lowest BCUT2D eigenvalue weighted by Crippen LogP contribution is -2.22. The van der Waals surface area contributed by atoms with Crippen LogP contribution in [-0.4, -0.2) is 34.4 Å². The summed E-state index contributed by atoms with van der Waals surface area (Å²) in [5.74, 6) is 0.435. The Labute approximate surface area is 116 Å². The van der Waals surface area contributed by atoms with Crippen molar-refractivity contribution in [3.63, 3.8) is 0 Å². The second-order valence-corrected chi connectivity index (χ2v) is 4.14. The van der Waals surface area contributed by atoms with Crippen LogP contribution in [0.3, 0.4) is 0 Å². The second kappa shape index (κ2) is 6.74. The molecule has 0 saturated carbocycles. The lowest BCUT2D eigenvalue weighted by molar-refractivity contribution is 0.104. The van der Waals surface area contributed by atoms with E-state index in [0.29, 0.717) is 11.4 Å². The summed E-state index contributed by atoms with van der Waals surface area (Å²) in [5, 5.41) is 17.4. The highest BCUT2D eigenvalue weighted by atomic mass is 16.5. The number of carbonyl (C=O) groups excluding carboxylic acids is 1. The zero-order chi connectivity index (χ0) is 14.4. The molecule has 0 atom stereocenters. The number of ether oxygens (including phenoxy) is 1. The summed E-state index contributed by atoms with van der Waals surface area (Å²) >= 11 is 0. The molecule has 5 nitrogen and oxygen atoms in total. The summed E-state index contributed by atoms with van der Waals surface area (Å²) in [4.78, 5) is 14.6. The molecule has 2 aromatic rings. The molecule has 1 aromatic carbocycles. The van der Waals surface area contributed by atoms with Crippen LogP contribution in [0.25, 0.3) is 6.08 Å². The Bertz CT molecular complexity index is 576. The molecule has 0 aliphatic rings. The molecule has 0 aliphatic carbocycles. The minimum absolute atomic E-state index is 0.0984. The standard InChI is InChI=1S/C14H14BNO4/c17-14(13-2-1-9-16-13)8-5-11-3-6-12(7-4-11)20-10-15(18)19/h1-9,16,18-19H,10H2/b8-5+. The zero-order valence-corrected chi connectivity index (χ0v) is 10.7. The Morgan fingerprint density at radius 3 is 2.60 bits per heavy atom. The molecule has 3 N–H and O–H groups in total. The van der Waals surface area contributed by atoms with Crippen molar-refractivity contribution in [2.45, 2.75) is 0 Å². The van der Waals surface area contributed by atoms with Crippen molar-refractivity contribution < 1.29 is 19.6 Å². The number of ketones is 1. The minimum Gasteiger partial charge on any atom is -0.496 e. The number of aromatic nitrogens is 1. The smallest absolute Gasteiger partial charge is 0.491 e. The molecule has 20 heavy (non-hydrogen) atoms. The Kier molecular flexibility index (Phi) is 4.76. The van der Waals surface area contributed by atoms with Gasteiger partial charge in [0.25, 0.3) is 0 Å². The summed E-state index contributed by atoms with van der Waals surface area (Å²) < 4.78 is 5.11. The van der Waals surface area contributed by atoms with Gasteiger partial charge in [-0.05, 0) is 35.9 Å². The third-order valence-corrected chi connectivity index (χ3v) is 2.57. The average molecular weight is 271 g/mol. The van der Waals surface area contributed by atoms with E-state index in [1.807, 2.05) is 0 Å². The van der Waals surface area contributed by atoms with Gasteiger partial charge < -0.3 is 19.8 Å². The predicted molar refractivity (Wildman–Crippen MR) is 76.3 cm³/mol. The van der Waals surface area contributed by atoms with Crippen LogP contribution < -0.4 is 4.74 Å². The zero-order valence-electron chi connectivity index (χ0n) is 10.7. The topological polar surface area (TPSA) is 82.6 Å². The maximum absolute atomic E-state index is 11.7. The Morgan fingerprint density at radius 1 is 1.25 bits per heavy atom.